The van der Waals surface area contributed by atoms with Gasteiger partial charge in [-0.3, -0.25) is 9.69 Å². The first kappa shape index (κ1) is 19.1. The molecule has 2 saturated heterocycles. The van der Waals surface area contributed by atoms with Crippen molar-refractivity contribution in [2.24, 2.45) is 7.05 Å². The Kier molecular flexibility index (Phi) is 6.04. The van der Waals surface area contributed by atoms with E-state index in [4.69, 9.17) is 0 Å². The van der Waals surface area contributed by atoms with Crippen molar-refractivity contribution in [3.05, 3.63) is 30.4 Å². The van der Waals surface area contributed by atoms with Crippen LogP contribution in [-0.4, -0.2) is 72.7 Å². The second kappa shape index (κ2) is 8.86. The molecule has 4 heterocycles. The van der Waals surface area contributed by atoms with Gasteiger partial charge in [0.1, 0.15) is 5.82 Å². The summed E-state index contributed by atoms with van der Waals surface area (Å²) in [6.45, 7) is 4.96. The van der Waals surface area contributed by atoms with Crippen LogP contribution in [0.4, 0.5) is 0 Å². The summed E-state index contributed by atoms with van der Waals surface area (Å²) in [5.41, 5.74) is 0. The number of aromatic nitrogens is 5. The highest BCUT2D eigenvalue weighted by atomic mass is 16.2. The Hall–Kier alpha value is -2.22. The van der Waals surface area contributed by atoms with E-state index in [1.807, 2.05) is 22.7 Å². The van der Waals surface area contributed by atoms with Crippen LogP contribution in [0.1, 0.15) is 56.1 Å². The number of carbonyl (C=O) groups is 1. The number of likely N-dealkylation sites (tertiary alicyclic amines) is 2. The van der Waals surface area contributed by atoms with E-state index in [2.05, 4.69) is 24.6 Å². The maximum Gasteiger partial charge on any atom is 0.236 e. The summed E-state index contributed by atoms with van der Waals surface area (Å²) >= 11 is 0. The summed E-state index contributed by atoms with van der Waals surface area (Å²) < 4.78 is 4.08. The number of carbonyl (C=O) groups excluding carboxylic acids is 1. The Morgan fingerprint density at radius 1 is 1.11 bits per heavy atom. The predicted octanol–water partition coefficient (Wildman–Crippen LogP) is 1.64. The van der Waals surface area contributed by atoms with Crippen molar-refractivity contribution in [3.63, 3.8) is 0 Å². The Balaban J connectivity index is 1.38. The van der Waals surface area contributed by atoms with E-state index in [-0.39, 0.29) is 11.8 Å². The lowest BCUT2D eigenvalue weighted by molar-refractivity contribution is -0.133. The van der Waals surface area contributed by atoms with Crippen molar-refractivity contribution < 1.29 is 4.79 Å². The van der Waals surface area contributed by atoms with Crippen molar-refractivity contribution in [3.8, 4) is 0 Å². The van der Waals surface area contributed by atoms with Gasteiger partial charge >= 0.3 is 0 Å². The highest BCUT2D eigenvalue weighted by Gasteiger charge is 2.29. The number of nitrogens with zero attached hydrogens (tertiary/aromatic N) is 7. The minimum atomic E-state index is 0.260. The summed E-state index contributed by atoms with van der Waals surface area (Å²) in [5, 5.41) is 8.87. The van der Waals surface area contributed by atoms with Gasteiger partial charge in [0.2, 0.25) is 5.91 Å². The maximum absolute atomic E-state index is 12.9. The molecule has 1 atom stereocenters. The van der Waals surface area contributed by atoms with Crippen LogP contribution in [0, 0.1) is 0 Å². The Bertz CT molecular complexity index is 762. The van der Waals surface area contributed by atoms with Gasteiger partial charge in [-0.15, -0.1) is 10.2 Å². The van der Waals surface area contributed by atoms with Crippen LogP contribution in [0.5, 0.6) is 0 Å². The quantitative estimate of drug-likeness (QED) is 0.782. The number of piperidine rings is 1. The molecule has 28 heavy (non-hydrogen) atoms. The number of hydrogen-bond acceptors (Lipinski definition) is 5. The fraction of sp³-hybridized carbons (Fsp3) is 0.700. The number of amides is 1. The highest BCUT2D eigenvalue weighted by molar-refractivity contribution is 5.78. The van der Waals surface area contributed by atoms with E-state index in [1.54, 1.807) is 12.5 Å². The zero-order valence-corrected chi connectivity index (χ0v) is 16.8. The molecule has 2 aromatic rings. The molecule has 2 aliphatic rings. The van der Waals surface area contributed by atoms with Crippen LogP contribution in [0.2, 0.25) is 0 Å². The van der Waals surface area contributed by atoms with Crippen LogP contribution >= 0.6 is 0 Å². The monoisotopic (exact) mass is 385 g/mol. The number of rotatable bonds is 5. The van der Waals surface area contributed by atoms with Crippen LogP contribution < -0.4 is 0 Å². The summed E-state index contributed by atoms with van der Waals surface area (Å²) in [6.07, 6.45) is 12.6. The average molecular weight is 386 g/mol. The summed E-state index contributed by atoms with van der Waals surface area (Å²) in [6, 6.07) is 0. The second-order valence-corrected chi connectivity index (χ2v) is 8.14. The van der Waals surface area contributed by atoms with Crippen LogP contribution in [0.15, 0.2) is 18.7 Å². The fourth-order valence-corrected chi connectivity index (χ4v) is 4.41. The van der Waals surface area contributed by atoms with Gasteiger partial charge in [0.05, 0.1) is 19.4 Å². The van der Waals surface area contributed by atoms with Gasteiger partial charge in [-0.05, 0) is 38.8 Å². The van der Waals surface area contributed by atoms with Crippen LogP contribution in [-0.2, 0) is 18.4 Å². The number of hydrogen-bond donors (Lipinski definition) is 0. The molecular weight excluding hydrogens is 354 g/mol. The topological polar surface area (TPSA) is 72.1 Å². The summed E-state index contributed by atoms with van der Waals surface area (Å²) in [5.74, 6) is 2.44. The molecule has 2 fully saturated rings. The molecular formula is C20H31N7O. The van der Waals surface area contributed by atoms with Gasteiger partial charge in [-0.25, -0.2) is 4.98 Å². The lowest BCUT2D eigenvalue weighted by atomic mass is 9.97. The lowest BCUT2D eigenvalue weighted by Gasteiger charge is -2.33. The van der Waals surface area contributed by atoms with E-state index < -0.39 is 0 Å². The molecule has 1 unspecified atom stereocenters. The molecule has 2 aromatic heterocycles. The van der Waals surface area contributed by atoms with Crippen molar-refractivity contribution >= 4 is 5.91 Å². The maximum atomic E-state index is 12.9. The summed E-state index contributed by atoms with van der Waals surface area (Å²) in [7, 11) is 2.03. The third-order valence-corrected chi connectivity index (χ3v) is 6.08. The molecule has 0 N–H and O–H groups in total. The van der Waals surface area contributed by atoms with Gasteiger partial charge in [0.25, 0.3) is 0 Å². The zero-order chi connectivity index (χ0) is 19.3. The normalized spacial score (nSPS) is 21.6. The first-order valence-corrected chi connectivity index (χ1v) is 10.5. The Morgan fingerprint density at radius 3 is 2.68 bits per heavy atom. The average Bonchev–Trinajstić information content (AvgIpc) is 3.27. The smallest absolute Gasteiger partial charge is 0.236 e. The molecule has 0 saturated carbocycles. The molecule has 2 aliphatic heterocycles. The van der Waals surface area contributed by atoms with E-state index >= 15 is 0 Å². The molecule has 0 aromatic carbocycles. The van der Waals surface area contributed by atoms with Crippen LogP contribution in [0.3, 0.4) is 0 Å². The first-order valence-electron chi connectivity index (χ1n) is 10.5. The molecule has 8 heteroatoms. The lowest BCUT2D eigenvalue weighted by Crippen LogP contribution is -2.45. The summed E-state index contributed by atoms with van der Waals surface area (Å²) in [4.78, 5) is 21.4. The SMILES string of the molecule is Cn1c(Cn2ccnc2)nnc1C1CCCN(C(=O)CN2CCCCCC2)C1. The molecule has 4 rings (SSSR count). The van der Waals surface area contributed by atoms with E-state index in [0.29, 0.717) is 13.1 Å². The molecule has 0 aliphatic carbocycles. The van der Waals surface area contributed by atoms with E-state index in [1.165, 1.54) is 25.7 Å². The Morgan fingerprint density at radius 2 is 1.93 bits per heavy atom. The van der Waals surface area contributed by atoms with Gasteiger partial charge in [0.15, 0.2) is 5.82 Å². The molecule has 1 amide bonds. The minimum absolute atomic E-state index is 0.260. The third kappa shape index (κ3) is 4.43. The Labute approximate surface area is 166 Å². The fourth-order valence-electron chi connectivity index (χ4n) is 4.41. The third-order valence-electron chi connectivity index (χ3n) is 6.08. The standard InChI is InChI=1S/C20H31N7O/c1-24-18(14-26-12-8-21-16-26)22-23-20(24)17-7-6-11-27(13-17)19(28)15-25-9-4-2-3-5-10-25/h8,12,16-17H,2-7,9-11,13-15H2,1H3. The van der Waals surface area contributed by atoms with Gasteiger partial charge in [-0.2, -0.15) is 0 Å². The second-order valence-electron chi connectivity index (χ2n) is 8.14. The highest BCUT2D eigenvalue weighted by Crippen LogP contribution is 2.26. The molecule has 152 valence electrons. The van der Waals surface area contributed by atoms with Crippen molar-refractivity contribution in [1.29, 1.82) is 0 Å². The van der Waals surface area contributed by atoms with Crippen molar-refractivity contribution in [1.82, 2.24) is 34.1 Å². The van der Waals surface area contributed by atoms with E-state index in [0.717, 1.165) is 50.7 Å². The van der Waals surface area contributed by atoms with E-state index in [9.17, 15) is 4.79 Å². The minimum Gasteiger partial charge on any atom is -0.341 e. The van der Waals surface area contributed by atoms with Gasteiger partial charge in [-0.1, -0.05) is 12.8 Å². The molecule has 0 spiro atoms. The largest absolute Gasteiger partial charge is 0.341 e. The molecule has 0 bridgehead atoms. The van der Waals surface area contributed by atoms with Crippen molar-refractivity contribution in [2.45, 2.75) is 51.0 Å². The molecule has 8 nitrogen and oxygen atoms in total. The first-order chi connectivity index (χ1) is 13.7. The molecule has 0 radical (unpaired) electrons. The van der Waals surface area contributed by atoms with Gasteiger partial charge < -0.3 is 14.0 Å². The van der Waals surface area contributed by atoms with Crippen LogP contribution in [0.25, 0.3) is 0 Å². The zero-order valence-electron chi connectivity index (χ0n) is 16.8. The number of imidazole rings is 1. The predicted molar refractivity (Wildman–Crippen MR) is 106 cm³/mol. The van der Waals surface area contributed by atoms with Gasteiger partial charge in [0, 0.05) is 38.4 Å². The van der Waals surface area contributed by atoms with Crippen molar-refractivity contribution in [2.75, 3.05) is 32.7 Å².